The van der Waals surface area contributed by atoms with Gasteiger partial charge < -0.3 is 20.7 Å². The van der Waals surface area contributed by atoms with E-state index in [0.29, 0.717) is 40.8 Å². The summed E-state index contributed by atoms with van der Waals surface area (Å²) in [4.78, 5) is 13.8. The highest BCUT2D eigenvalue weighted by atomic mass is 35.5. The first-order valence-corrected chi connectivity index (χ1v) is 10.3. The van der Waals surface area contributed by atoms with Crippen LogP contribution in [0.1, 0.15) is 24.8 Å². The Balaban J connectivity index is 1.41. The van der Waals surface area contributed by atoms with Crippen LogP contribution < -0.4 is 20.7 Å². The molecule has 1 fully saturated rings. The average molecular weight is 438 g/mol. The molecule has 5 nitrogen and oxygen atoms in total. The van der Waals surface area contributed by atoms with Gasteiger partial charge in [0, 0.05) is 30.1 Å². The van der Waals surface area contributed by atoms with Crippen molar-refractivity contribution in [3.05, 3.63) is 51.8 Å². The summed E-state index contributed by atoms with van der Waals surface area (Å²) in [6, 6.07) is 8.41. The van der Waals surface area contributed by atoms with Crippen LogP contribution in [0.2, 0.25) is 10.0 Å². The highest BCUT2D eigenvalue weighted by Crippen LogP contribution is 2.35. The number of carbonyl (C=O) groups is 1. The summed E-state index contributed by atoms with van der Waals surface area (Å²) in [6.07, 6.45) is 2.23. The van der Waals surface area contributed by atoms with Crippen LogP contribution in [0.4, 0.5) is 15.8 Å². The Morgan fingerprint density at radius 2 is 1.93 bits per heavy atom. The van der Waals surface area contributed by atoms with Crippen molar-refractivity contribution in [3.63, 3.8) is 0 Å². The quantitative estimate of drug-likeness (QED) is 0.743. The van der Waals surface area contributed by atoms with Gasteiger partial charge in [-0.3, -0.25) is 4.79 Å². The van der Waals surface area contributed by atoms with Gasteiger partial charge in [0.25, 0.3) is 0 Å². The summed E-state index contributed by atoms with van der Waals surface area (Å²) in [6.45, 7) is 1.82. The summed E-state index contributed by atoms with van der Waals surface area (Å²) in [5.41, 5.74) is 7.96. The molecule has 0 unspecified atom stereocenters. The van der Waals surface area contributed by atoms with Crippen LogP contribution in [0, 0.1) is 5.82 Å². The summed E-state index contributed by atoms with van der Waals surface area (Å²) in [5, 5.41) is 3.83. The maximum absolute atomic E-state index is 14.0. The molecule has 3 N–H and O–H groups in total. The van der Waals surface area contributed by atoms with E-state index in [1.54, 1.807) is 12.1 Å². The van der Waals surface area contributed by atoms with E-state index in [9.17, 15) is 9.18 Å². The van der Waals surface area contributed by atoms with E-state index in [2.05, 4.69) is 10.2 Å². The van der Waals surface area contributed by atoms with Crippen LogP contribution in [-0.4, -0.2) is 31.1 Å². The number of rotatable bonds is 4. The van der Waals surface area contributed by atoms with Crippen LogP contribution in [0.5, 0.6) is 5.75 Å². The number of nitrogens with two attached hydrogens (primary N) is 1. The highest BCUT2D eigenvalue weighted by molar-refractivity contribution is 6.36. The lowest BCUT2D eigenvalue weighted by Crippen LogP contribution is -2.54. The topological polar surface area (TPSA) is 67.6 Å². The maximum atomic E-state index is 14.0. The SMILES string of the molecule is NC1(COc2ccc(F)c3c2CCC(=O)N3)CCN(c2ccc(Cl)cc2Cl)CC1. The fraction of sp³-hybridized carbons (Fsp3) is 0.381. The summed E-state index contributed by atoms with van der Waals surface area (Å²) < 4.78 is 20.0. The van der Waals surface area contributed by atoms with Crippen molar-refractivity contribution in [2.24, 2.45) is 5.73 Å². The van der Waals surface area contributed by atoms with Gasteiger partial charge in [-0.15, -0.1) is 0 Å². The molecule has 4 rings (SSSR count). The third-order valence-electron chi connectivity index (χ3n) is 5.61. The molecule has 2 aliphatic rings. The van der Waals surface area contributed by atoms with Gasteiger partial charge in [0.1, 0.15) is 18.2 Å². The molecule has 1 amide bonds. The molecule has 1 saturated heterocycles. The van der Waals surface area contributed by atoms with Gasteiger partial charge in [-0.25, -0.2) is 4.39 Å². The number of hydrogen-bond acceptors (Lipinski definition) is 4. The smallest absolute Gasteiger partial charge is 0.224 e. The molecule has 0 bridgehead atoms. The van der Waals surface area contributed by atoms with Crippen LogP contribution >= 0.6 is 23.2 Å². The third kappa shape index (κ3) is 4.29. The van der Waals surface area contributed by atoms with Crippen molar-refractivity contribution in [2.45, 2.75) is 31.2 Å². The predicted octanol–water partition coefficient (Wildman–Crippen LogP) is 4.39. The van der Waals surface area contributed by atoms with Crippen LogP contribution in [-0.2, 0) is 11.2 Å². The van der Waals surface area contributed by atoms with Crippen molar-refractivity contribution in [1.29, 1.82) is 0 Å². The predicted molar refractivity (Wildman–Crippen MR) is 114 cm³/mol. The van der Waals surface area contributed by atoms with Gasteiger partial charge >= 0.3 is 0 Å². The Labute approximate surface area is 178 Å². The molecule has 8 heteroatoms. The maximum Gasteiger partial charge on any atom is 0.224 e. The monoisotopic (exact) mass is 437 g/mol. The van der Waals surface area contributed by atoms with Crippen molar-refractivity contribution in [2.75, 3.05) is 29.9 Å². The molecule has 0 spiro atoms. The number of amides is 1. The number of ether oxygens (including phenoxy) is 1. The highest BCUT2D eigenvalue weighted by Gasteiger charge is 2.33. The molecule has 2 aliphatic heterocycles. The number of nitrogens with zero attached hydrogens (tertiary/aromatic N) is 1. The fourth-order valence-corrected chi connectivity index (χ4v) is 4.38. The van der Waals surface area contributed by atoms with Crippen molar-refractivity contribution < 1.29 is 13.9 Å². The minimum absolute atomic E-state index is 0.183. The van der Waals surface area contributed by atoms with Crippen molar-refractivity contribution in [1.82, 2.24) is 0 Å². The van der Waals surface area contributed by atoms with Crippen molar-refractivity contribution >= 4 is 40.5 Å². The summed E-state index contributed by atoms with van der Waals surface area (Å²) in [7, 11) is 0. The molecule has 154 valence electrons. The zero-order valence-electron chi connectivity index (χ0n) is 15.8. The zero-order chi connectivity index (χ0) is 20.6. The first kappa shape index (κ1) is 20.3. The molecule has 0 aromatic heterocycles. The molecule has 0 saturated carbocycles. The zero-order valence-corrected chi connectivity index (χ0v) is 17.3. The van der Waals surface area contributed by atoms with E-state index in [4.69, 9.17) is 33.7 Å². The molecule has 29 heavy (non-hydrogen) atoms. The van der Waals surface area contributed by atoms with Crippen molar-refractivity contribution in [3.8, 4) is 5.75 Å². The van der Waals surface area contributed by atoms with E-state index < -0.39 is 11.4 Å². The average Bonchev–Trinajstić information content (AvgIpc) is 2.69. The molecule has 0 radical (unpaired) electrons. The second kappa shape index (κ2) is 8.01. The van der Waals surface area contributed by atoms with E-state index in [-0.39, 0.29) is 11.6 Å². The molecular weight excluding hydrogens is 416 g/mol. The van der Waals surface area contributed by atoms with Crippen LogP contribution in [0.25, 0.3) is 0 Å². The number of halogens is 3. The third-order valence-corrected chi connectivity index (χ3v) is 6.15. The first-order chi connectivity index (χ1) is 13.8. The minimum Gasteiger partial charge on any atom is -0.491 e. The second-order valence-electron chi connectivity index (χ2n) is 7.68. The Morgan fingerprint density at radius 3 is 2.66 bits per heavy atom. The Bertz CT molecular complexity index is 946. The fourth-order valence-electron chi connectivity index (χ4n) is 3.86. The Morgan fingerprint density at radius 1 is 1.17 bits per heavy atom. The molecule has 0 atom stereocenters. The minimum atomic E-state index is -0.491. The number of benzene rings is 2. The van der Waals surface area contributed by atoms with E-state index in [1.807, 2.05) is 12.1 Å². The van der Waals surface area contributed by atoms with Crippen LogP contribution in [0.3, 0.4) is 0 Å². The van der Waals surface area contributed by atoms with Gasteiger partial charge in [0.2, 0.25) is 5.91 Å². The summed E-state index contributed by atoms with van der Waals surface area (Å²) >= 11 is 12.3. The number of nitrogens with one attached hydrogen (secondary N) is 1. The first-order valence-electron chi connectivity index (χ1n) is 9.58. The lowest BCUT2D eigenvalue weighted by Gasteiger charge is -2.40. The van der Waals surface area contributed by atoms with Gasteiger partial charge in [-0.1, -0.05) is 23.2 Å². The van der Waals surface area contributed by atoms with Crippen LogP contribution in [0.15, 0.2) is 30.3 Å². The van der Waals surface area contributed by atoms with Gasteiger partial charge in [0.15, 0.2) is 0 Å². The standard InChI is InChI=1S/C21H22Cl2FN3O2/c22-13-1-4-17(15(23)11-13)27-9-7-21(25,8-10-27)12-29-18-5-3-16(24)20-14(18)2-6-19(28)26-20/h1,3-5,11H,2,6-10,12,25H2,(H,26,28). The molecule has 2 aromatic carbocycles. The van der Waals surface area contributed by atoms with Gasteiger partial charge in [-0.2, -0.15) is 0 Å². The molecule has 2 heterocycles. The number of anilines is 2. The number of carbonyl (C=O) groups excluding carboxylic acids is 1. The molecular formula is C21H22Cl2FN3O2. The number of piperidine rings is 1. The largest absolute Gasteiger partial charge is 0.491 e. The normalized spacial score (nSPS) is 18.2. The lowest BCUT2D eigenvalue weighted by molar-refractivity contribution is -0.116. The second-order valence-corrected chi connectivity index (χ2v) is 8.52. The molecule has 2 aromatic rings. The van der Waals surface area contributed by atoms with E-state index in [0.717, 1.165) is 31.6 Å². The van der Waals surface area contributed by atoms with E-state index >= 15 is 0 Å². The Hall–Kier alpha value is -2.02. The summed E-state index contributed by atoms with van der Waals surface area (Å²) in [5.74, 6) is -0.0532. The Kier molecular flexibility index (Phi) is 5.60. The number of fused-ring (bicyclic) bond motifs is 1. The van der Waals surface area contributed by atoms with Gasteiger partial charge in [0.05, 0.1) is 21.9 Å². The van der Waals surface area contributed by atoms with E-state index in [1.165, 1.54) is 6.07 Å². The molecule has 0 aliphatic carbocycles. The number of hydrogen-bond donors (Lipinski definition) is 2. The van der Waals surface area contributed by atoms with Gasteiger partial charge in [-0.05, 0) is 49.6 Å². The lowest BCUT2D eigenvalue weighted by atomic mass is 9.89.